The van der Waals surface area contributed by atoms with Crippen LogP contribution in [0.1, 0.15) is 11.1 Å². The standard InChI is InChI=1S/C22H18N2S/c1-15-8-11-18(12-9-15)23-22-21(17-6-4-3-5-7-17)24-19-13-10-16(2)14-20(19)25-22/h3-14H,1-2H3. The summed E-state index contributed by atoms with van der Waals surface area (Å²) in [6.45, 7) is 4.19. The van der Waals surface area contributed by atoms with Crippen molar-refractivity contribution in [1.29, 1.82) is 0 Å². The molecule has 1 aromatic heterocycles. The summed E-state index contributed by atoms with van der Waals surface area (Å²) in [7, 11) is 0. The third-order valence-electron chi connectivity index (χ3n) is 4.07. The van der Waals surface area contributed by atoms with E-state index in [2.05, 4.69) is 68.4 Å². The highest BCUT2D eigenvalue weighted by atomic mass is 32.1. The minimum atomic E-state index is 0.933. The molecule has 0 radical (unpaired) electrons. The van der Waals surface area contributed by atoms with Crippen molar-refractivity contribution in [2.75, 3.05) is 0 Å². The molecule has 0 aliphatic rings. The third-order valence-corrected chi connectivity index (χ3v) is 5.09. The largest absolute Gasteiger partial charge is 0.244 e. The number of hydrogen-bond donors (Lipinski definition) is 0. The predicted octanol–water partition coefficient (Wildman–Crippen LogP) is 5.81. The summed E-state index contributed by atoms with van der Waals surface area (Å²) in [6, 6.07) is 24.9. The summed E-state index contributed by atoms with van der Waals surface area (Å²) in [5.74, 6) is 0. The predicted molar refractivity (Wildman–Crippen MR) is 106 cm³/mol. The van der Waals surface area contributed by atoms with Gasteiger partial charge in [0.1, 0.15) is 10.4 Å². The molecule has 0 amide bonds. The number of benzene rings is 3. The topological polar surface area (TPSA) is 25.2 Å². The average molecular weight is 342 g/mol. The molecule has 3 aromatic carbocycles. The first kappa shape index (κ1) is 15.7. The number of rotatable bonds is 2. The van der Waals surface area contributed by atoms with E-state index in [1.54, 1.807) is 11.3 Å². The molecule has 0 aliphatic heterocycles. The lowest BCUT2D eigenvalue weighted by Gasteiger charge is -2.05. The number of aryl methyl sites for hydroxylation is 2. The second-order valence-corrected chi connectivity index (χ2v) is 7.18. The molecule has 0 aliphatic carbocycles. The number of hydrogen-bond acceptors (Lipinski definition) is 3. The minimum Gasteiger partial charge on any atom is -0.244 e. The van der Waals surface area contributed by atoms with Gasteiger partial charge in [-0.1, -0.05) is 54.1 Å². The van der Waals surface area contributed by atoms with Crippen LogP contribution in [0, 0.1) is 13.8 Å². The van der Waals surface area contributed by atoms with Crippen LogP contribution in [0.4, 0.5) is 5.69 Å². The van der Waals surface area contributed by atoms with Gasteiger partial charge in [0.15, 0.2) is 0 Å². The third kappa shape index (κ3) is 3.37. The zero-order chi connectivity index (χ0) is 17.2. The molecule has 2 nitrogen and oxygen atoms in total. The molecule has 4 aromatic rings. The Balaban J connectivity index is 2.01. The van der Waals surface area contributed by atoms with Crippen LogP contribution in [-0.2, 0) is 0 Å². The molecule has 0 atom stereocenters. The summed E-state index contributed by atoms with van der Waals surface area (Å²) in [5, 5.41) is 0. The van der Waals surface area contributed by atoms with Crippen molar-refractivity contribution in [2.24, 2.45) is 4.99 Å². The zero-order valence-corrected chi connectivity index (χ0v) is 15.0. The lowest BCUT2D eigenvalue weighted by atomic mass is 10.1. The highest BCUT2D eigenvalue weighted by Gasteiger charge is 2.07. The second kappa shape index (κ2) is 6.61. The monoisotopic (exact) mass is 342 g/mol. The molecule has 0 fully saturated rings. The molecule has 0 unspecified atom stereocenters. The van der Waals surface area contributed by atoms with E-state index in [0.29, 0.717) is 0 Å². The minimum absolute atomic E-state index is 0.933. The summed E-state index contributed by atoms with van der Waals surface area (Å²) in [6.07, 6.45) is 0. The van der Waals surface area contributed by atoms with Crippen molar-refractivity contribution in [3.8, 4) is 11.3 Å². The second-order valence-electron chi connectivity index (χ2n) is 6.15. The van der Waals surface area contributed by atoms with Gasteiger partial charge in [-0.15, -0.1) is 11.3 Å². The van der Waals surface area contributed by atoms with Crippen molar-refractivity contribution in [3.63, 3.8) is 0 Å². The lowest BCUT2D eigenvalue weighted by molar-refractivity contribution is 1.31. The van der Waals surface area contributed by atoms with Crippen LogP contribution in [0.15, 0.2) is 77.8 Å². The molecule has 1 heterocycles. The van der Waals surface area contributed by atoms with Gasteiger partial charge in [0.05, 0.1) is 15.9 Å². The molecule has 122 valence electrons. The smallest absolute Gasteiger partial charge is 0.143 e. The number of fused-ring (bicyclic) bond motifs is 1. The highest BCUT2D eigenvalue weighted by molar-refractivity contribution is 7.16. The molecular weight excluding hydrogens is 324 g/mol. The van der Waals surface area contributed by atoms with E-state index in [0.717, 1.165) is 31.8 Å². The molecule has 0 saturated heterocycles. The van der Waals surface area contributed by atoms with Gasteiger partial charge >= 0.3 is 0 Å². The number of aromatic nitrogens is 1. The molecule has 0 spiro atoms. The van der Waals surface area contributed by atoms with Gasteiger partial charge in [-0.2, -0.15) is 0 Å². The fraction of sp³-hybridized carbons (Fsp3) is 0.0909. The number of nitrogens with zero attached hydrogens (tertiary/aromatic N) is 2. The fourth-order valence-corrected chi connectivity index (χ4v) is 3.80. The van der Waals surface area contributed by atoms with Crippen molar-refractivity contribution < 1.29 is 0 Å². The van der Waals surface area contributed by atoms with Crippen molar-refractivity contribution >= 4 is 27.2 Å². The van der Waals surface area contributed by atoms with Crippen LogP contribution in [0.2, 0.25) is 0 Å². The quantitative estimate of drug-likeness (QED) is 0.451. The van der Waals surface area contributed by atoms with Crippen LogP contribution in [0.3, 0.4) is 0 Å². The van der Waals surface area contributed by atoms with Crippen molar-refractivity contribution in [1.82, 2.24) is 4.98 Å². The van der Waals surface area contributed by atoms with E-state index in [1.807, 2.05) is 18.2 Å². The van der Waals surface area contributed by atoms with Crippen LogP contribution in [-0.4, -0.2) is 4.98 Å². The molecule has 4 rings (SSSR count). The van der Waals surface area contributed by atoms with Gasteiger partial charge in [0.2, 0.25) is 0 Å². The Morgan fingerprint density at radius 1 is 0.800 bits per heavy atom. The van der Waals surface area contributed by atoms with Crippen LogP contribution in [0.5, 0.6) is 0 Å². The maximum atomic E-state index is 4.92. The van der Waals surface area contributed by atoms with Gasteiger partial charge in [-0.05, 0) is 43.7 Å². The molecule has 0 saturated carbocycles. The SMILES string of the molecule is Cc1ccc(N=c2sc3cc(C)ccc3nc2-c2ccccc2)cc1. The Morgan fingerprint density at radius 2 is 1.52 bits per heavy atom. The van der Waals surface area contributed by atoms with Gasteiger partial charge in [-0.25, -0.2) is 9.98 Å². The van der Waals surface area contributed by atoms with Crippen LogP contribution < -0.4 is 4.67 Å². The maximum Gasteiger partial charge on any atom is 0.143 e. The molecule has 0 bridgehead atoms. The Labute approximate surface area is 151 Å². The highest BCUT2D eigenvalue weighted by Crippen LogP contribution is 2.22. The Bertz CT molecular complexity index is 1090. The van der Waals surface area contributed by atoms with Gasteiger partial charge in [0, 0.05) is 5.56 Å². The fourth-order valence-electron chi connectivity index (χ4n) is 2.71. The van der Waals surface area contributed by atoms with Crippen LogP contribution in [0.25, 0.3) is 21.5 Å². The summed E-state index contributed by atoms with van der Waals surface area (Å²) in [4.78, 5) is 9.81. The molecule has 25 heavy (non-hydrogen) atoms. The summed E-state index contributed by atoms with van der Waals surface area (Å²) >= 11 is 1.69. The Morgan fingerprint density at radius 3 is 2.28 bits per heavy atom. The van der Waals surface area contributed by atoms with E-state index in [4.69, 9.17) is 9.98 Å². The van der Waals surface area contributed by atoms with Crippen LogP contribution >= 0.6 is 11.3 Å². The van der Waals surface area contributed by atoms with Gasteiger partial charge in [-0.3, -0.25) is 0 Å². The molecule has 0 N–H and O–H groups in total. The van der Waals surface area contributed by atoms with Gasteiger partial charge < -0.3 is 0 Å². The van der Waals surface area contributed by atoms with E-state index >= 15 is 0 Å². The average Bonchev–Trinajstić information content (AvgIpc) is 2.64. The van der Waals surface area contributed by atoms with E-state index in [-0.39, 0.29) is 0 Å². The normalized spacial score (nSPS) is 11.8. The summed E-state index contributed by atoms with van der Waals surface area (Å²) < 4.78 is 2.10. The summed E-state index contributed by atoms with van der Waals surface area (Å²) in [5.41, 5.74) is 6.46. The lowest BCUT2D eigenvalue weighted by Crippen LogP contribution is -2.05. The van der Waals surface area contributed by atoms with E-state index in [9.17, 15) is 0 Å². The molecular formula is C22H18N2S. The first-order valence-electron chi connectivity index (χ1n) is 8.27. The Hall–Kier alpha value is -2.78. The zero-order valence-electron chi connectivity index (χ0n) is 14.2. The maximum absolute atomic E-state index is 4.92. The Kier molecular flexibility index (Phi) is 4.16. The van der Waals surface area contributed by atoms with E-state index in [1.165, 1.54) is 11.1 Å². The first-order chi connectivity index (χ1) is 12.2. The first-order valence-corrected chi connectivity index (χ1v) is 9.09. The van der Waals surface area contributed by atoms with Crippen molar-refractivity contribution in [2.45, 2.75) is 13.8 Å². The van der Waals surface area contributed by atoms with Crippen molar-refractivity contribution in [3.05, 3.63) is 88.6 Å². The van der Waals surface area contributed by atoms with Gasteiger partial charge in [0.25, 0.3) is 0 Å². The van der Waals surface area contributed by atoms with E-state index < -0.39 is 0 Å². The molecule has 3 heteroatoms.